The fraction of sp³-hybridized carbons (Fsp3) is 0.444. The molecule has 0 saturated heterocycles. The summed E-state index contributed by atoms with van der Waals surface area (Å²) < 4.78 is 11.4. The van der Waals surface area contributed by atoms with Gasteiger partial charge >= 0.3 is 0 Å². The highest BCUT2D eigenvalue weighted by atomic mass is 16.5. The number of furan rings is 1. The zero-order chi connectivity index (χ0) is 15.2. The lowest BCUT2D eigenvalue weighted by atomic mass is 10.0. The molecule has 1 N–H and O–H groups in total. The minimum absolute atomic E-state index is 0.112. The van der Waals surface area contributed by atoms with Crippen molar-refractivity contribution in [3.63, 3.8) is 0 Å². The molecule has 0 fully saturated rings. The van der Waals surface area contributed by atoms with Gasteiger partial charge in [-0.15, -0.1) is 0 Å². The van der Waals surface area contributed by atoms with Gasteiger partial charge in [0, 0.05) is 6.54 Å². The number of aryl methyl sites for hydroxylation is 1. The molecule has 114 valence electrons. The molecule has 1 aromatic heterocycles. The summed E-state index contributed by atoms with van der Waals surface area (Å²) in [7, 11) is 0. The van der Waals surface area contributed by atoms with Crippen LogP contribution in [-0.2, 0) is 6.54 Å². The molecule has 1 unspecified atom stereocenters. The van der Waals surface area contributed by atoms with Crippen LogP contribution in [0.1, 0.15) is 43.6 Å². The average Bonchev–Trinajstić information content (AvgIpc) is 2.94. The van der Waals surface area contributed by atoms with Crippen molar-refractivity contribution in [2.45, 2.75) is 46.3 Å². The monoisotopic (exact) mass is 287 g/mol. The lowest BCUT2D eigenvalue weighted by Crippen LogP contribution is -2.28. The van der Waals surface area contributed by atoms with E-state index in [1.807, 2.05) is 12.1 Å². The van der Waals surface area contributed by atoms with Crippen molar-refractivity contribution in [1.29, 1.82) is 0 Å². The Morgan fingerprint density at radius 2 is 2.00 bits per heavy atom. The van der Waals surface area contributed by atoms with E-state index in [4.69, 9.17) is 9.15 Å². The molecule has 3 heteroatoms. The highest BCUT2D eigenvalue weighted by molar-refractivity contribution is 5.37. The van der Waals surface area contributed by atoms with Crippen molar-refractivity contribution in [2.24, 2.45) is 0 Å². The number of benzene rings is 1. The van der Waals surface area contributed by atoms with Crippen molar-refractivity contribution < 1.29 is 9.15 Å². The van der Waals surface area contributed by atoms with E-state index in [1.54, 1.807) is 6.26 Å². The fourth-order valence-corrected chi connectivity index (χ4v) is 2.17. The van der Waals surface area contributed by atoms with Crippen molar-refractivity contribution in [1.82, 2.24) is 5.32 Å². The molecule has 0 saturated carbocycles. The molecule has 0 aliphatic rings. The van der Waals surface area contributed by atoms with Crippen molar-refractivity contribution in [3.05, 3.63) is 53.5 Å². The third-order valence-electron chi connectivity index (χ3n) is 3.52. The van der Waals surface area contributed by atoms with E-state index in [9.17, 15) is 0 Å². The Labute approximate surface area is 127 Å². The Morgan fingerprint density at radius 3 is 2.67 bits per heavy atom. The lowest BCUT2D eigenvalue weighted by Gasteiger charge is -2.18. The Kier molecular flexibility index (Phi) is 5.45. The first-order valence-electron chi connectivity index (χ1n) is 7.56. The normalized spacial score (nSPS) is 12.6. The lowest BCUT2D eigenvalue weighted by molar-refractivity contribution is 0.214. The molecule has 0 spiro atoms. The van der Waals surface area contributed by atoms with E-state index in [2.05, 4.69) is 51.2 Å². The van der Waals surface area contributed by atoms with Crippen LogP contribution in [0, 0.1) is 6.92 Å². The minimum Gasteiger partial charge on any atom is -0.489 e. The molecule has 1 aromatic carbocycles. The quantitative estimate of drug-likeness (QED) is 0.826. The smallest absolute Gasteiger partial charge is 0.122 e. The maximum absolute atomic E-state index is 6.06. The van der Waals surface area contributed by atoms with Crippen LogP contribution < -0.4 is 10.1 Å². The van der Waals surface area contributed by atoms with Crippen LogP contribution >= 0.6 is 0 Å². The van der Waals surface area contributed by atoms with Crippen molar-refractivity contribution in [2.75, 3.05) is 6.54 Å². The topological polar surface area (TPSA) is 34.4 Å². The third kappa shape index (κ3) is 4.64. The van der Waals surface area contributed by atoms with E-state index in [0.29, 0.717) is 5.92 Å². The van der Waals surface area contributed by atoms with Gasteiger partial charge in [0.2, 0.25) is 0 Å². The minimum atomic E-state index is 0.112. The van der Waals surface area contributed by atoms with Crippen LogP contribution in [0.2, 0.25) is 0 Å². The van der Waals surface area contributed by atoms with E-state index in [0.717, 1.165) is 24.6 Å². The zero-order valence-electron chi connectivity index (χ0n) is 13.3. The summed E-state index contributed by atoms with van der Waals surface area (Å²) in [5, 5.41) is 3.35. The molecule has 2 aromatic rings. The number of hydrogen-bond acceptors (Lipinski definition) is 3. The molecule has 0 aliphatic carbocycles. The van der Waals surface area contributed by atoms with Crippen molar-refractivity contribution in [3.8, 4) is 5.75 Å². The summed E-state index contributed by atoms with van der Waals surface area (Å²) in [6, 6.07) is 10.3. The SMILES string of the molecule is Cc1ccc(C(C)C)cc1OC(C)CNCc1ccco1. The Morgan fingerprint density at radius 1 is 1.19 bits per heavy atom. The maximum Gasteiger partial charge on any atom is 0.122 e. The predicted octanol–water partition coefficient (Wildman–Crippen LogP) is 4.27. The molecule has 1 heterocycles. The Hall–Kier alpha value is -1.74. The molecule has 21 heavy (non-hydrogen) atoms. The average molecular weight is 287 g/mol. The van der Waals surface area contributed by atoms with Gasteiger partial charge in [-0.3, -0.25) is 0 Å². The van der Waals surface area contributed by atoms with E-state index < -0.39 is 0 Å². The van der Waals surface area contributed by atoms with Gasteiger partial charge < -0.3 is 14.5 Å². The summed E-state index contributed by atoms with van der Waals surface area (Å²) in [6.45, 7) is 10.1. The number of ether oxygens (including phenoxy) is 1. The van der Waals surface area contributed by atoms with Gasteiger partial charge in [0.15, 0.2) is 0 Å². The summed E-state index contributed by atoms with van der Waals surface area (Å²) in [4.78, 5) is 0. The Bertz CT molecular complexity index is 546. The van der Waals surface area contributed by atoms with Gasteiger partial charge in [-0.1, -0.05) is 26.0 Å². The van der Waals surface area contributed by atoms with E-state index in [1.165, 1.54) is 11.1 Å². The Balaban J connectivity index is 1.86. The number of rotatable bonds is 7. The van der Waals surface area contributed by atoms with Crippen LogP contribution in [0.3, 0.4) is 0 Å². The van der Waals surface area contributed by atoms with E-state index in [-0.39, 0.29) is 6.10 Å². The van der Waals surface area contributed by atoms with Crippen LogP contribution in [0.5, 0.6) is 5.75 Å². The van der Waals surface area contributed by atoms with Crippen LogP contribution in [0.25, 0.3) is 0 Å². The van der Waals surface area contributed by atoms with Gasteiger partial charge in [0.25, 0.3) is 0 Å². The molecule has 0 bridgehead atoms. The number of hydrogen-bond donors (Lipinski definition) is 1. The second-order valence-electron chi connectivity index (χ2n) is 5.82. The van der Waals surface area contributed by atoms with Gasteiger partial charge in [-0.25, -0.2) is 0 Å². The molecular weight excluding hydrogens is 262 g/mol. The highest BCUT2D eigenvalue weighted by Gasteiger charge is 2.09. The molecule has 3 nitrogen and oxygen atoms in total. The number of nitrogens with one attached hydrogen (secondary N) is 1. The molecular formula is C18H25NO2. The van der Waals surface area contributed by atoms with Crippen LogP contribution in [0.4, 0.5) is 0 Å². The third-order valence-corrected chi connectivity index (χ3v) is 3.52. The molecule has 0 amide bonds. The van der Waals surface area contributed by atoms with Crippen molar-refractivity contribution >= 4 is 0 Å². The molecule has 1 atom stereocenters. The van der Waals surface area contributed by atoms with Gasteiger partial charge in [-0.2, -0.15) is 0 Å². The highest BCUT2D eigenvalue weighted by Crippen LogP contribution is 2.25. The van der Waals surface area contributed by atoms with E-state index >= 15 is 0 Å². The molecule has 2 rings (SSSR count). The molecule has 0 aliphatic heterocycles. The first kappa shape index (κ1) is 15.6. The summed E-state index contributed by atoms with van der Waals surface area (Å²) in [5.41, 5.74) is 2.49. The maximum atomic E-state index is 6.06. The first-order chi connectivity index (χ1) is 10.1. The second kappa shape index (κ2) is 7.32. The van der Waals surface area contributed by atoms with Gasteiger partial charge in [0.05, 0.1) is 12.8 Å². The standard InChI is InChI=1S/C18H25NO2/c1-13(2)16-8-7-14(3)18(10-16)21-15(4)11-19-12-17-6-5-9-20-17/h5-10,13,15,19H,11-12H2,1-4H3. The second-order valence-corrected chi connectivity index (χ2v) is 5.82. The van der Waals surface area contributed by atoms with Crippen LogP contribution in [-0.4, -0.2) is 12.6 Å². The summed E-state index contributed by atoms with van der Waals surface area (Å²) in [5.74, 6) is 2.44. The first-order valence-corrected chi connectivity index (χ1v) is 7.56. The fourth-order valence-electron chi connectivity index (χ4n) is 2.17. The largest absolute Gasteiger partial charge is 0.489 e. The zero-order valence-corrected chi connectivity index (χ0v) is 13.3. The van der Waals surface area contributed by atoms with Crippen LogP contribution in [0.15, 0.2) is 41.0 Å². The summed E-state index contributed by atoms with van der Waals surface area (Å²) in [6.07, 6.45) is 1.80. The van der Waals surface area contributed by atoms with Gasteiger partial charge in [0.1, 0.15) is 17.6 Å². The molecule has 0 radical (unpaired) electrons. The summed E-state index contributed by atoms with van der Waals surface area (Å²) >= 11 is 0. The predicted molar refractivity (Wildman–Crippen MR) is 85.8 cm³/mol. The van der Waals surface area contributed by atoms with Gasteiger partial charge in [-0.05, 0) is 49.1 Å².